The summed E-state index contributed by atoms with van der Waals surface area (Å²) in [5.74, 6) is -1.89. The number of hydrazone groups is 1. The lowest BCUT2D eigenvalue weighted by Gasteiger charge is -2.04. The lowest BCUT2D eigenvalue weighted by molar-refractivity contribution is -0.136. The zero-order valence-electron chi connectivity index (χ0n) is 13.4. The van der Waals surface area contributed by atoms with Crippen molar-refractivity contribution in [3.05, 3.63) is 59.1 Å². The molecule has 0 aliphatic carbocycles. The molecule has 2 aromatic carbocycles. The first-order valence-corrected chi connectivity index (χ1v) is 7.73. The normalized spacial score (nSPS) is 10.3. The maximum Gasteiger partial charge on any atom is 0.329 e. The van der Waals surface area contributed by atoms with E-state index in [1.807, 2.05) is 0 Å². The van der Waals surface area contributed by atoms with E-state index in [-0.39, 0.29) is 6.61 Å². The fourth-order valence-corrected chi connectivity index (χ4v) is 1.87. The smallest absolute Gasteiger partial charge is 0.329 e. The van der Waals surface area contributed by atoms with E-state index in [2.05, 4.69) is 15.8 Å². The van der Waals surface area contributed by atoms with E-state index in [4.69, 9.17) is 22.1 Å². The van der Waals surface area contributed by atoms with Crippen LogP contribution in [0.1, 0.15) is 5.56 Å². The fourth-order valence-electron chi connectivity index (χ4n) is 1.74. The van der Waals surface area contributed by atoms with Crippen molar-refractivity contribution in [2.45, 2.75) is 0 Å². The van der Waals surface area contributed by atoms with Crippen LogP contribution in [0.15, 0.2) is 53.6 Å². The van der Waals surface area contributed by atoms with E-state index < -0.39 is 17.7 Å². The molecule has 2 aromatic rings. The summed E-state index contributed by atoms with van der Waals surface area (Å²) in [6, 6.07) is 12.8. The third-order valence-electron chi connectivity index (χ3n) is 2.95. The number of ether oxygens (including phenoxy) is 1. The summed E-state index contributed by atoms with van der Waals surface area (Å²) in [4.78, 5) is 34.0. The van der Waals surface area contributed by atoms with E-state index in [0.717, 1.165) is 0 Å². The Morgan fingerprint density at radius 1 is 1.04 bits per heavy atom. The summed E-state index contributed by atoms with van der Waals surface area (Å²) < 4.78 is 5.11. The predicted octanol–water partition coefficient (Wildman–Crippen LogP) is 1.29. The molecule has 0 atom stereocenters. The van der Waals surface area contributed by atoms with Crippen LogP contribution in [0.2, 0.25) is 5.02 Å². The molecule has 3 amide bonds. The first-order valence-electron chi connectivity index (χ1n) is 7.35. The molecule has 0 aromatic heterocycles. The van der Waals surface area contributed by atoms with Crippen molar-refractivity contribution in [3.63, 3.8) is 0 Å². The maximum atomic E-state index is 11.7. The Morgan fingerprint density at radius 2 is 1.69 bits per heavy atom. The highest BCUT2D eigenvalue weighted by molar-refractivity contribution is 6.39. The maximum absolute atomic E-state index is 11.7. The van der Waals surface area contributed by atoms with Gasteiger partial charge in [-0.15, -0.1) is 0 Å². The number of nitrogens with zero attached hydrogens (tertiary/aromatic N) is 1. The molecule has 0 aliphatic heterocycles. The largest absolute Gasteiger partial charge is 0.484 e. The molecule has 0 radical (unpaired) electrons. The topological polar surface area (TPSA) is 123 Å². The minimum absolute atomic E-state index is 0.216. The van der Waals surface area contributed by atoms with Crippen molar-refractivity contribution in [1.29, 1.82) is 0 Å². The standard InChI is InChI=1S/C17H15ClN4O4/c18-12-3-5-13(6-4-12)21-16(24)17(25)22-20-9-11-1-7-14(8-2-11)26-10-15(19)23/h1-9H,10H2,(H2,19,23)(H,21,24)(H,22,25)/b20-9-. The molecule has 4 N–H and O–H groups in total. The minimum atomic E-state index is -0.919. The van der Waals surface area contributed by atoms with E-state index >= 15 is 0 Å². The zero-order chi connectivity index (χ0) is 18.9. The molecule has 8 nitrogen and oxygen atoms in total. The number of primary amides is 1. The highest BCUT2D eigenvalue weighted by Gasteiger charge is 2.12. The van der Waals surface area contributed by atoms with Gasteiger partial charge in [0.1, 0.15) is 5.75 Å². The van der Waals surface area contributed by atoms with Gasteiger partial charge in [0.25, 0.3) is 5.91 Å². The number of halogens is 1. The Kier molecular flexibility index (Phi) is 6.69. The molecule has 26 heavy (non-hydrogen) atoms. The van der Waals surface area contributed by atoms with Crippen LogP contribution in [0.4, 0.5) is 5.69 Å². The number of hydrogen-bond acceptors (Lipinski definition) is 5. The summed E-state index contributed by atoms with van der Waals surface area (Å²) in [6.45, 7) is -0.216. The molecule has 0 heterocycles. The van der Waals surface area contributed by atoms with Crippen LogP contribution in [0.5, 0.6) is 5.75 Å². The summed E-state index contributed by atoms with van der Waals surface area (Å²) in [6.07, 6.45) is 1.35. The van der Waals surface area contributed by atoms with Gasteiger partial charge in [-0.1, -0.05) is 11.6 Å². The van der Waals surface area contributed by atoms with E-state index in [0.29, 0.717) is 22.0 Å². The molecule has 0 spiro atoms. The monoisotopic (exact) mass is 374 g/mol. The van der Waals surface area contributed by atoms with Crippen molar-refractivity contribution in [2.24, 2.45) is 10.8 Å². The van der Waals surface area contributed by atoms with E-state index in [1.165, 1.54) is 6.21 Å². The average Bonchev–Trinajstić information content (AvgIpc) is 2.62. The molecular weight excluding hydrogens is 360 g/mol. The summed E-state index contributed by atoms with van der Waals surface area (Å²) >= 11 is 5.74. The summed E-state index contributed by atoms with van der Waals surface area (Å²) in [5, 5.41) is 6.63. The lowest BCUT2D eigenvalue weighted by Crippen LogP contribution is -2.32. The average molecular weight is 375 g/mol. The summed E-state index contributed by atoms with van der Waals surface area (Å²) in [5.41, 5.74) is 8.18. The minimum Gasteiger partial charge on any atom is -0.484 e. The number of benzene rings is 2. The first kappa shape index (κ1) is 18.9. The second-order valence-corrected chi connectivity index (χ2v) is 5.42. The molecule has 2 rings (SSSR count). The van der Waals surface area contributed by atoms with E-state index in [1.54, 1.807) is 48.5 Å². The molecule has 0 saturated heterocycles. The number of rotatable bonds is 6. The Balaban J connectivity index is 1.83. The highest BCUT2D eigenvalue weighted by Crippen LogP contribution is 2.13. The van der Waals surface area contributed by atoms with Crippen LogP contribution >= 0.6 is 11.6 Å². The van der Waals surface area contributed by atoms with Crippen molar-refractivity contribution >= 4 is 41.2 Å². The van der Waals surface area contributed by atoms with Crippen molar-refractivity contribution < 1.29 is 19.1 Å². The van der Waals surface area contributed by atoms with Crippen LogP contribution in [0.25, 0.3) is 0 Å². The highest BCUT2D eigenvalue weighted by atomic mass is 35.5. The number of nitrogens with one attached hydrogen (secondary N) is 2. The van der Waals surface area contributed by atoms with Crippen LogP contribution in [0.3, 0.4) is 0 Å². The Bertz CT molecular complexity index is 820. The number of carbonyl (C=O) groups excluding carboxylic acids is 3. The Morgan fingerprint density at radius 3 is 2.31 bits per heavy atom. The van der Waals surface area contributed by atoms with Gasteiger partial charge in [0.05, 0.1) is 6.21 Å². The Labute approximate surface area is 154 Å². The first-order chi connectivity index (χ1) is 12.4. The molecular formula is C17H15ClN4O4. The van der Waals surface area contributed by atoms with Crippen LogP contribution in [-0.2, 0) is 14.4 Å². The fraction of sp³-hybridized carbons (Fsp3) is 0.0588. The number of carbonyl (C=O) groups is 3. The zero-order valence-corrected chi connectivity index (χ0v) is 14.2. The van der Waals surface area contributed by atoms with Crippen molar-refractivity contribution in [2.75, 3.05) is 11.9 Å². The van der Waals surface area contributed by atoms with Gasteiger partial charge in [0.15, 0.2) is 6.61 Å². The van der Waals surface area contributed by atoms with Crippen LogP contribution < -0.4 is 21.2 Å². The van der Waals surface area contributed by atoms with Gasteiger partial charge in [0, 0.05) is 10.7 Å². The third kappa shape index (κ3) is 6.25. The van der Waals surface area contributed by atoms with Crippen molar-refractivity contribution in [1.82, 2.24) is 5.43 Å². The molecule has 0 unspecified atom stereocenters. The van der Waals surface area contributed by atoms with Gasteiger partial charge in [-0.2, -0.15) is 5.10 Å². The predicted molar refractivity (Wildman–Crippen MR) is 96.9 cm³/mol. The quantitative estimate of drug-likeness (QED) is 0.400. The molecule has 134 valence electrons. The lowest BCUT2D eigenvalue weighted by atomic mass is 10.2. The van der Waals surface area contributed by atoms with Crippen LogP contribution in [0, 0.1) is 0 Å². The van der Waals surface area contributed by atoms with Crippen LogP contribution in [-0.4, -0.2) is 30.5 Å². The molecule has 9 heteroatoms. The van der Waals surface area contributed by atoms with Gasteiger partial charge < -0.3 is 15.8 Å². The van der Waals surface area contributed by atoms with Gasteiger partial charge in [-0.3, -0.25) is 14.4 Å². The SMILES string of the molecule is NC(=O)COc1ccc(/C=N\NC(=O)C(=O)Nc2ccc(Cl)cc2)cc1. The number of hydrogen-bond donors (Lipinski definition) is 3. The van der Waals surface area contributed by atoms with Gasteiger partial charge in [0.2, 0.25) is 0 Å². The molecule has 0 saturated carbocycles. The number of nitrogens with two attached hydrogens (primary N) is 1. The third-order valence-corrected chi connectivity index (χ3v) is 3.20. The second-order valence-electron chi connectivity index (χ2n) is 4.98. The second kappa shape index (κ2) is 9.19. The van der Waals surface area contributed by atoms with Gasteiger partial charge in [-0.25, -0.2) is 5.43 Å². The van der Waals surface area contributed by atoms with Gasteiger partial charge >= 0.3 is 11.8 Å². The molecule has 0 bridgehead atoms. The molecule has 0 fully saturated rings. The Hall–Kier alpha value is -3.39. The number of amides is 3. The van der Waals surface area contributed by atoms with Gasteiger partial charge in [-0.05, 0) is 54.1 Å². The number of anilines is 1. The molecule has 0 aliphatic rings. The van der Waals surface area contributed by atoms with Crippen molar-refractivity contribution in [3.8, 4) is 5.75 Å². The summed E-state index contributed by atoms with van der Waals surface area (Å²) in [7, 11) is 0. The van der Waals surface area contributed by atoms with E-state index in [9.17, 15) is 14.4 Å².